The van der Waals surface area contributed by atoms with Gasteiger partial charge in [-0.1, -0.05) is 38.1 Å². The molecule has 1 fully saturated rings. The third kappa shape index (κ3) is 13.6. The van der Waals surface area contributed by atoms with Crippen LogP contribution < -0.4 is 5.46 Å². The van der Waals surface area contributed by atoms with Crippen molar-refractivity contribution < 1.29 is 50.8 Å². The Morgan fingerprint density at radius 2 is 1.19 bits per heavy atom. The molecule has 6 aromatic rings. The third-order valence-electron chi connectivity index (χ3n) is 11.4. The maximum Gasteiger partial charge on any atom is 0.328 e. The molecule has 4 aromatic heterocycles. The molecule has 0 spiro atoms. The first-order chi connectivity index (χ1) is 31.8. The van der Waals surface area contributed by atoms with Crippen molar-refractivity contribution in [3.63, 3.8) is 0 Å². The van der Waals surface area contributed by atoms with Crippen LogP contribution in [0.25, 0.3) is 31.6 Å². The summed E-state index contributed by atoms with van der Waals surface area (Å²) >= 11 is 6.52. The molecule has 21 heteroatoms. The Kier molecular flexibility index (Phi) is 18.0. The number of sulfone groups is 2. The molecule has 2 N–H and O–H groups in total. The highest BCUT2D eigenvalue weighted by Crippen LogP contribution is 2.45. The van der Waals surface area contributed by atoms with Gasteiger partial charge >= 0.3 is 18.9 Å². The first-order valence-corrected chi connectivity index (χ1v) is 27.8. The summed E-state index contributed by atoms with van der Waals surface area (Å²) in [6.45, 7) is 15.9. The Morgan fingerprint density at radius 3 is 1.63 bits per heavy atom. The maximum absolute atomic E-state index is 12.1. The quantitative estimate of drug-likeness (QED) is 0.0787. The van der Waals surface area contributed by atoms with E-state index in [2.05, 4.69) is 53.8 Å². The minimum absolute atomic E-state index is 0.0125. The molecular weight excluding hydrogens is 1020 g/mol. The van der Waals surface area contributed by atoms with Gasteiger partial charge in [-0.25, -0.2) is 16.8 Å². The number of ether oxygens (including phenoxy) is 2. The zero-order chi connectivity index (χ0) is 50.4. The summed E-state index contributed by atoms with van der Waals surface area (Å²) in [5, 5.41) is 27.4. The molecule has 0 aliphatic carbocycles. The van der Waals surface area contributed by atoms with Crippen LogP contribution in [0.4, 0.5) is 0 Å². The molecule has 0 amide bonds. The van der Waals surface area contributed by atoms with Gasteiger partial charge in [-0.2, -0.15) is 10.2 Å². The lowest BCUT2D eigenvalue weighted by atomic mass is 9.54. The first-order valence-electron chi connectivity index (χ1n) is 21.6. The normalized spacial score (nSPS) is 14.2. The van der Waals surface area contributed by atoms with E-state index in [4.69, 9.17) is 14.1 Å². The van der Waals surface area contributed by atoms with Crippen LogP contribution >= 0.6 is 38.6 Å². The Balaban J connectivity index is 0.000000197. The summed E-state index contributed by atoms with van der Waals surface area (Å²) in [5.41, 5.74) is 5.55. The molecule has 7 rings (SSSR count). The molecule has 2 aromatic carbocycles. The van der Waals surface area contributed by atoms with Crippen molar-refractivity contribution in [2.75, 3.05) is 25.7 Å². The molecule has 1 aliphatic rings. The largest absolute Gasteiger partial charge is 0.465 e. The number of esters is 2. The predicted molar refractivity (Wildman–Crippen MR) is 271 cm³/mol. The second-order valence-electron chi connectivity index (χ2n) is 17.3. The van der Waals surface area contributed by atoms with Crippen molar-refractivity contribution in [1.82, 2.24) is 19.6 Å². The number of hydrogen-bond donors (Lipinski definition) is 2. The van der Waals surface area contributed by atoms with E-state index in [1.54, 1.807) is 64.9 Å². The van der Waals surface area contributed by atoms with E-state index >= 15 is 0 Å². The number of hydrogen-bond acceptors (Lipinski definition) is 15. The number of aromatic nitrogens is 4. The fraction of sp³-hybridized carbons (Fsp3) is 0.404. The van der Waals surface area contributed by atoms with Crippen molar-refractivity contribution >= 4 is 82.6 Å². The van der Waals surface area contributed by atoms with E-state index < -0.39 is 19.7 Å². The van der Waals surface area contributed by atoms with Crippen LogP contribution in [0.15, 0.2) is 86.4 Å². The molecule has 0 bridgehead atoms. The molecule has 1 aliphatic heterocycles. The minimum Gasteiger partial charge on any atom is -0.465 e. The lowest BCUT2D eigenvalue weighted by Crippen LogP contribution is -2.36. The van der Waals surface area contributed by atoms with Gasteiger partial charge < -0.3 is 24.3 Å². The summed E-state index contributed by atoms with van der Waals surface area (Å²) in [4.78, 5) is 26.5. The second-order valence-corrected chi connectivity index (χ2v) is 24.8. The zero-order valence-corrected chi connectivity index (χ0v) is 44.7. The monoisotopic (exact) mass is 1070 g/mol. The van der Waals surface area contributed by atoms with E-state index in [-0.39, 0.29) is 66.0 Å². The summed E-state index contributed by atoms with van der Waals surface area (Å²) < 4.78 is 68.3. The molecule has 0 radical (unpaired) electrons. The highest BCUT2D eigenvalue weighted by atomic mass is 79.9. The van der Waals surface area contributed by atoms with Crippen LogP contribution in [0.5, 0.6) is 0 Å². The van der Waals surface area contributed by atoms with Crippen molar-refractivity contribution in [3.05, 3.63) is 99.1 Å². The number of thiophene rings is 2. The van der Waals surface area contributed by atoms with Crippen molar-refractivity contribution in [3.8, 4) is 31.6 Å². The topological polar surface area (TPSA) is 206 Å². The molecule has 0 atom stereocenters. The summed E-state index contributed by atoms with van der Waals surface area (Å²) in [7, 11) is -6.84. The van der Waals surface area contributed by atoms with Gasteiger partial charge in [0, 0.05) is 17.4 Å². The fourth-order valence-corrected chi connectivity index (χ4v) is 11.7. The third-order valence-corrected chi connectivity index (χ3v) is 16.5. The van der Waals surface area contributed by atoms with E-state index in [0.717, 1.165) is 71.1 Å². The molecule has 68 heavy (non-hydrogen) atoms. The lowest BCUT2D eigenvalue weighted by molar-refractivity contribution is -0.144. The van der Waals surface area contributed by atoms with Crippen molar-refractivity contribution in [2.24, 2.45) is 5.41 Å². The average Bonchev–Trinajstić information content (AvgIpc) is 4.09. The molecule has 366 valence electrons. The summed E-state index contributed by atoms with van der Waals surface area (Å²) in [5.74, 6) is -0.622. The number of nitrogens with zero attached hydrogens (tertiary/aromatic N) is 4. The maximum atomic E-state index is 12.1. The lowest BCUT2D eigenvalue weighted by Gasteiger charge is -2.34. The molecule has 1 saturated heterocycles. The summed E-state index contributed by atoms with van der Waals surface area (Å²) in [6, 6.07) is 21.8. The highest BCUT2D eigenvalue weighted by molar-refractivity contribution is 9.11. The number of benzene rings is 2. The van der Waals surface area contributed by atoms with Gasteiger partial charge in [0.2, 0.25) is 0 Å². The number of carbonyl (C=O) groups excluding carboxylic acids is 2. The van der Waals surface area contributed by atoms with Crippen LogP contribution in [0.2, 0.25) is 6.32 Å². The number of aliphatic hydroxyl groups is 2. The number of aryl methyl sites for hydroxylation is 2. The van der Waals surface area contributed by atoms with Gasteiger partial charge in [-0.15, -0.1) is 22.7 Å². The Bertz CT molecular complexity index is 2960. The van der Waals surface area contributed by atoms with E-state index in [1.807, 2.05) is 56.3 Å². The molecule has 0 unspecified atom stereocenters. The summed E-state index contributed by atoms with van der Waals surface area (Å²) in [6.07, 6.45) is 3.12. The number of carbonyl (C=O) groups is 2. The number of aliphatic hydroxyl groups excluding tert-OH is 2. The highest BCUT2D eigenvalue weighted by Gasteiger charge is 2.50. The van der Waals surface area contributed by atoms with Crippen molar-refractivity contribution in [2.45, 2.75) is 103 Å². The smallest absolute Gasteiger partial charge is 0.328 e. The van der Waals surface area contributed by atoms with Crippen LogP contribution in [0, 0.1) is 19.3 Å². The Hall–Kier alpha value is -4.48. The van der Waals surface area contributed by atoms with Gasteiger partial charge in [0.15, 0.2) is 19.7 Å². The van der Waals surface area contributed by atoms with Gasteiger partial charge in [-0.05, 0) is 140 Å². The Labute approximate surface area is 415 Å². The SMILES string of the molecule is CC1(C)CB(c2ccc(CO)c(S(C)(=O)=O)c2)OC1(C)C.CCOC(=O)Cn1nc(C)cc1-c1ccc(-c2ccc(CO)c(S(C)(=O)=O)c2)s1.CCOC(=O)Cn1nc(C)cc1-c1ccc(Br)s1. The standard InChI is InChI=1S/C20H22N2O5S2.C15H23BO4S.C12H13BrN2O2S/c1-4-27-20(24)11-22-16(9-13(2)21-22)18-8-7-17(28-18)14-5-6-15(12-23)19(10-14)29(3,25)26;1-14(2)10-16(20-15(14,3)4)12-7-6-11(9-17)13(8-12)21(5,18)19;1-3-17-12(16)7-15-9(6-8(2)14-15)10-4-5-11(13)18-10/h5-10,23H,4,11-12H2,1-3H3;6-8,17H,9-10H2,1-5H3;4-6H,3,7H2,1-2H3. The van der Waals surface area contributed by atoms with Gasteiger partial charge in [0.1, 0.15) is 13.1 Å². The van der Waals surface area contributed by atoms with Gasteiger partial charge in [-0.3, -0.25) is 19.0 Å². The minimum atomic E-state index is -3.46. The van der Waals surface area contributed by atoms with E-state index in [1.165, 1.54) is 11.3 Å². The van der Waals surface area contributed by atoms with Crippen LogP contribution in [-0.4, -0.2) is 96.8 Å². The molecule has 5 heterocycles. The number of halogens is 1. The first kappa shape index (κ1) is 54.5. The van der Waals surface area contributed by atoms with Gasteiger partial charge in [0.25, 0.3) is 0 Å². The molecular formula is C47H58BBrN4O11S4. The molecule has 0 saturated carbocycles. The number of rotatable bonds is 14. The van der Waals surface area contributed by atoms with Gasteiger partial charge in [0.05, 0.1) is 78.1 Å². The zero-order valence-electron chi connectivity index (χ0n) is 39.8. The van der Waals surface area contributed by atoms with Crippen LogP contribution in [0.1, 0.15) is 64.1 Å². The van der Waals surface area contributed by atoms with Crippen LogP contribution in [0.3, 0.4) is 0 Å². The average molecular weight is 1070 g/mol. The fourth-order valence-electron chi connectivity index (χ4n) is 7.35. The van der Waals surface area contributed by atoms with E-state index in [0.29, 0.717) is 24.3 Å². The van der Waals surface area contributed by atoms with Crippen LogP contribution in [-0.2, 0) is 69.7 Å². The Morgan fingerprint density at radius 1 is 0.721 bits per heavy atom. The molecule has 15 nitrogen and oxygen atoms in total. The van der Waals surface area contributed by atoms with Crippen molar-refractivity contribution in [1.29, 1.82) is 0 Å². The second kappa shape index (κ2) is 22.5. The predicted octanol–water partition coefficient (Wildman–Crippen LogP) is 7.91. The van der Waals surface area contributed by atoms with E-state index in [9.17, 15) is 36.6 Å².